The average Bonchev–Trinajstić information content (AvgIpc) is 2.71. The van der Waals surface area contributed by atoms with Crippen LogP contribution in [-0.2, 0) is 16.0 Å². The molecule has 0 aliphatic carbocycles. The molecule has 1 N–H and O–H groups in total. The number of rotatable bonds is 1. The van der Waals surface area contributed by atoms with Crippen LogP contribution in [0, 0.1) is 11.8 Å². The number of para-hydroxylation sites is 1. The van der Waals surface area contributed by atoms with Gasteiger partial charge in [0.25, 0.3) is 0 Å². The first-order valence-electron chi connectivity index (χ1n) is 7.78. The Morgan fingerprint density at radius 1 is 1.29 bits per heavy atom. The normalized spacial score (nSPS) is 32.0. The molecule has 0 spiro atoms. The van der Waals surface area contributed by atoms with Gasteiger partial charge in [0.2, 0.25) is 5.91 Å². The molecule has 114 valence electrons. The lowest BCUT2D eigenvalue weighted by Crippen LogP contribution is -2.43. The van der Waals surface area contributed by atoms with E-state index in [4.69, 9.17) is 4.74 Å². The largest absolute Gasteiger partial charge is 0.506 e. The summed E-state index contributed by atoms with van der Waals surface area (Å²) in [4.78, 5) is 14.8. The number of benzene rings is 1. The maximum absolute atomic E-state index is 13.0. The number of phenols is 1. The van der Waals surface area contributed by atoms with E-state index in [0.717, 1.165) is 18.4 Å². The summed E-state index contributed by atoms with van der Waals surface area (Å²) in [5.74, 6) is 0.351. The number of amides is 1. The number of nitrogens with zero attached hydrogens (tertiary/aromatic N) is 1. The third-order valence-corrected chi connectivity index (χ3v) is 4.99. The third-order valence-electron chi connectivity index (χ3n) is 4.99. The fourth-order valence-electron chi connectivity index (χ4n) is 3.72. The second kappa shape index (κ2) is 5.34. The highest BCUT2D eigenvalue weighted by molar-refractivity contribution is 5.98. The van der Waals surface area contributed by atoms with Crippen LogP contribution in [0.3, 0.4) is 0 Å². The SMILES string of the molecule is CC1OC(C)C(C(=O)N2CCCc3cccc(O)c32)C1C. The number of carbonyl (C=O) groups excluding carboxylic acids is 1. The van der Waals surface area contributed by atoms with Crippen LogP contribution in [0.25, 0.3) is 0 Å². The fourth-order valence-corrected chi connectivity index (χ4v) is 3.72. The van der Waals surface area contributed by atoms with E-state index in [2.05, 4.69) is 6.92 Å². The van der Waals surface area contributed by atoms with Crippen molar-refractivity contribution in [3.63, 3.8) is 0 Å². The number of hydrogen-bond acceptors (Lipinski definition) is 3. The zero-order valence-corrected chi connectivity index (χ0v) is 12.9. The molecule has 1 aromatic carbocycles. The van der Waals surface area contributed by atoms with Crippen molar-refractivity contribution >= 4 is 11.6 Å². The number of fused-ring (bicyclic) bond motifs is 1. The summed E-state index contributed by atoms with van der Waals surface area (Å²) >= 11 is 0. The van der Waals surface area contributed by atoms with Crippen LogP contribution in [0.1, 0.15) is 32.8 Å². The van der Waals surface area contributed by atoms with Gasteiger partial charge in [0, 0.05) is 6.54 Å². The summed E-state index contributed by atoms with van der Waals surface area (Å²) in [6, 6.07) is 5.49. The van der Waals surface area contributed by atoms with E-state index in [0.29, 0.717) is 12.2 Å². The van der Waals surface area contributed by atoms with Crippen LogP contribution >= 0.6 is 0 Å². The maximum Gasteiger partial charge on any atom is 0.233 e. The average molecular weight is 289 g/mol. The Labute approximate surface area is 125 Å². The van der Waals surface area contributed by atoms with Gasteiger partial charge in [-0.25, -0.2) is 0 Å². The summed E-state index contributed by atoms with van der Waals surface area (Å²) < 4.78 is 5.81. The molecule has 0 saturated carbocycles. The first-order valence-corrected chi connectivity index (χ1v) is 7.78. The highest BCUT2D eigenvalue weighted by Crippen LogP contribution is 2.39. The minimum Gasteiger partial charge on any atom is -0.506 e. The van der Waals surface area contributed by atoms with E-state index in [1.54, 1.807) is 11.0 Å². The number of hydrogen-bond donors (Lipinski definition) is 1. The van der Waals surface area contributed by atoms with Gasteiger partial charge in [-0.15, -0.1) is 0 Å². The highest BCUT2D eigenvalue weighted by Gasteiger charge is 2.44. The quantitative estimate of drug-likeness (QED) is 0.865. The first kappa shape index (κ1) is 14.4. The molecule has 1 saturated heterocycles. The second-order valence-electron chi connectivity index (χ2n) is 6.31. The number of aromatic hydroxyl groups is 1. The number of anilines is 1. The fraction of sp³-hybridized carbons (Fsp3) is 0.588. The van der Waals surface area contributed by atoms with E-state index in [-0.39, 0.29) is 35.7 Å². The Bertz CT molecular complexity index is 557. The van der Waals surface area contributed by atoms with E-state index >= 15 is 0 Å². The minimum absolute atomic E-state index is 0.0706. The molecule has 1 amide bonds. The maximum atomic E-state index is 13.0. The van der Waals surface area contributed by atoms with E-state index in [1.807, 2.05) is 26.0 Å². The molecule has 4 atom stereocenters. The lowest BCUT2D eigenvalue weighted by molar-refractivity contribution is -0.124. The van der Waals surface area contributed by atoms with Crippen LogP contribution in [-0.4, -0.2) is 29.8 Å². The van der Waals surface area contributed by atoms with Gasteiger partial charge in [-0.2, -0.15) is 0 Å². The molecule has 4 heteroatoms. The van der Waals surface area contributed by atoms with Crippen LogP contribution in [0.2, 0.25) is 0 Å². The van der Waals surface area contributed by atoms with Gasteiger partial charge in [-0.1, -0.05) is 19.1 Å². The Kier molecular flexibility index (Phi) is 3.66. The smallest absolute Gasteiger partial charge is 0.233 e. The third kappa shape index (κ3) is 2.31. The monoisotopic (exact) mass is 289 g/mol. The molecule has 21 heavy (non-hydrogen) atoms. The van der Waals surface area contributed by atoms with Crippen molar-refractivity contribution in [2.75, 3.05) is 11.4 Å². The molecule has 2 heterocycles. The Balaban J connectivity index is 1.94. The molecule has 1 aromatic rings. The standard InChI is InChI=1S/C17H23NO3/c1-10-11(2)21-12(3)15(10)17(20)18-9-5-7-13-6-4-8-14(19)16(13)18/h4,6,8,10-12,15,19H,5,7,9H2,1-3H3. The number of ether oxygens (including phenoxy) is 1. The minimum atomic E-state index is -0.134. The molecule has 4 nitrogen and oxygen atoms in total. The van der Waals surface area contributed by atoms with Crippen molar-refractivity contribution in [2.45, 2.75) is 45.8 Å². The lowest BCUT2D eigenvalue weighted by Gasteiger charge is -2.33. The van der Waals surface area contributed by atoms with Gasteiger partial charge >= 0.3 is 0 Å². The number of aryl methyl sites for hydroxylation is 1. The van der Waals surface area contributed by atoms with Gasteiger partial charge in [0.15, 0.2) is 0 Å². The van der Waals surface area contributed by atoms with Crippen LogP contribution < -0.4 is 4.90 Å². The molecule has 4 unspecified atom stereocenters. The molecule has 1 fully saturated rings. The first-order chi connectivity index (χ1) is 10.0. The zero-order valence-electron chi connectivity index (χ0n) is 12.9. The Morgan fingerprint density at radius 3 is 2.71 bits per heavy atom. The van der Waals surface area contributed by atoms with Crippen molar-refractivity contribution in [3.8, 4) is 5.75 Å². The van der Waals surface area contributed by atoms with Gasteiger partial charge < -0.3 is 14.7 Å². The van der Waals surface area contributed by atoms with E-state index in [1.165, 1.54) is 0 Å². The highest BCUT2D eigenvalue weighted by atomic mass is 16.5. The molecule has 3 rings (SSSR count). The molecule has 0 radical (unpaired) electrons. The molecule has 0 bridgehead atoms. The van der Waals surface area contributed by atoms with Gasteiger partial charge in [-0.05, 0) is 44.2 Å². The summed E-state index contributed by atoms with van der Waals surface area (Å²) in [6.45, 7) is 6.74. The van der Waals surface area contributed by atoms with Gasteiger partial charge in [0.1, 0.15) is 5.75 Å². The zero-order chi connectivity index (χ0) is 15.1. The van der Waals surface area contributed by atoms with Crippen LogP contribution in [0.5, 0.6) is 5.75 Å². The molecular weight excluding hydrogens is 266 g/mol. The topological polar surface area (TPSA) is 49.8 Å². The Morgan fingerprint density at radius 2 is 2.05 bits per heavy atom. The molecule has 0 aromatic heterocycles. The van der Waals surface area contributed by atoms with Crippen LogP contribution in [0.15, 0.2) is 18.2 Å². The number of phenolic OH excluding ortho intramolecular Hbond substituents is 1. The van der Waals surface area contributed by atoms with E-state index < -0.39 is 0 Å². The molecule has 2 aliphatic heterocycles. The second-order valence-corrected chi connectivity index (χ2v) is 6.31. The predicted molar refractivity (Wildman–Crippen MR) is 81.4 cm³/mol. The van der Waals surface area contributed by atoms with Crippen molar-refractivity contribution in [1.29, 1.82) is 0 Å². The summed E-state index contributed by atoms with van der Waals surface area (Å²) in [6.07, 6.45) is 1.88. The van der Waals surface area contributed by atoms with Crippen molar-refractivity contribution < 1.29 is 14.6 Å². The summed E-state index contributed by atoms with van der Waals surface area (Å²) in [5, 5.41) is 10.2. The lowest BCUT2D eigenvalue weighted by atomic mass is 9.87. The van der Waals surface area contributed by atoms with E-state index in [9.17, 15) is 9.90 Å². The van der Waals surface area contributed by atoms with Crippen molar-refractivity contribution in [2.24, 2.45) is 11.8 Å². The van der Waals surface area contributed by atoms with Crippen molar-refractivity contribution in [3.05, 3.63) is 23.8 Å². The summed E-state index contributed by atoms with van der Waals surface area (Å²) in [7, 11) is 0. The molecule has 2 aliphatic rings. The Hall–Kier alpha value is -1.55. The molecular formula is C17H23NO3. The number of carbonyl (C=O) groups is 1. The predicted octanol–water partition coefficient (Wildman–Crippen LogP) is 2.73. The van der Waals surface area contributed by atoms with Gasteiger partial charge in [0.05, 0.1) is 23.8 Å². The summed E-state index contributed by atoms with van der Waals surface area (Å²) in [5.41, 5.74) is 1.76. The van der Waals surface area contributed by atoms with Crippen LogP contribution in [0.4, 0.5) is 5.69 Å². The van der Waals surface area contributed by atoms with Crippen molar-refractivity contribution in [1.82, 2.24) is 0 Å². The van der Waals surface area contributed by atoms with Gasteiger partial charge in [-0.3, -0.25) is 4.79 Å².